The largest absolute Gasteiger partial charge is 0.339 e. The van der Waals surface area contributed by atoms with Crippen molar-refractivity contribution >= 4 is 58.1 Å². The Balaban J connectivity index is 2.34. The molecular weight excluding hydrogens is 313 g/mol. The van der Waals surface area contributed by atoms with Gasteiger partial charge in [0.05, 0.1) is 15.7 Å². The third kappa shape index (κ3) is 3.20. The van der Waals surface area contributed by atoms with Crippen molar-refractivity contribution in [3.05, 3.63) is 39.5 Å². The molecular formula is C11H8Cl3N3S. The van der Waals surface area contributed by atoms with Crippen LogP contribution in [0, 0.1) is 0 Å². The Morgan fingerprint density at radius 2 is 1.94 bits per heavy atom. The molecule has 1 heterocycles. The number of hydrogen-bond acceptors (Lipinski definition) is 4. The number of benzene rings is 1. The standard InChI is InChI=1S/C11H8Cl3N3S/c1-18-11-16-8(13)5-9(17-11)15-7-4-2-3-6(12)10(7)14/h2-5H,1H3,(H,15,16,17). The van der Waals surface area contributed by atoms with Gasteiger partial charge in [-0.1, -0.05) is 52.6 Å². The third-order valence-electron chi connectivity index (χ3n) is 2.07. The zero-order chi connectivity index (χ0) is 13.1. The molecule has 1 aromatic carbocycles. The minimum Gasteiger partial charge on any atom is -0.339 e. The van der Waals surface area contributed by atoms with E-state index in [0.717, 1.165) is 0 Å². The number of hydrogen-bond donors (Lipinski definition) is 1. The van der Waals surface area contributed by atoms with Gasteiger partial charge in [-0.05, 0) is 18.4 Å². The van der Waals surface area contributed by atoms with E-state index in [2.05, 4.69) is 15.3 Å². The van der Waals surface area contributed by atoms with Crippen LogP contribution in [0.2, 0.25) is 15.2 Å². The summed E-state index contributed by atoms with van der Waals surface area (Å²) in [5.41, 5.74) is 0.672. The molecule has 18 heavy (non-hydrogen) atoms. The van der Waals surface area contributed by atoms with Crippen LogP contribution in [0.3, 0.4) is 0 Å². The lowest BCUT2D eigenvalue weighted by Gasteiger charge is -2.09. The molecule has 0 aliphatic carbocycles. The van der Waals surface area contributed by atoms with Gasteiger partial charge in [-0.3, -0.25) is 0 Å². The Labute approximate surface area is 124 Å². The van der Waals surface area contributed by atoms with Crippen molar-refractivity contribution in [2.24, 2.45) is 0 Å². The summed E-state index contributed by atoms with van der Waals surface area (Å²) in [6, 6.07) is 6.95. The molecule has 0 aliphatic heterocycles. The zero-order valence-corrected chi connectivity index (χ0v) is 12.3. The number of halogens is 3. The molecule has 0 atom stereocenters. The van der Waals surface area contributed by atoms with Gasteiger partial charge in [0.25, 0.3) is 0 Å². The van der Waals surface area contributed by atoms with Gasteiger partial charge in [-0.15, -0.1) is 0 Å². The van der Waals surface area contributed by atoms with Gasteiger partial charge >= 0.3 is 0 Å². The molecule has 1 aromatic heterocycles. The lowest BCUT2D eigenvalue weighted by Crippen LogP contribution is -1.97. The van der Waals surface area contributed by atoms with E-state index in [1.54, 1.807) is 18.2 Å². The average Bonchev–Trinajstić information content (AvgIpc) is 2.34. The van der Waals surface area contributed by atoms with Gasteiger partial charge in [-0.25, -0.2) is 9.97 Å². The van der Waals surface area contributed by atoms with E-state index in [0.29, 0.717) is 31.9 Å². The summed E-state index contributed by atoms with van der Waals surface area (Å²) >= 11 is 19.3. The van der Waals surface area contributed by atoms with Crippen LogP contribution in [0.15, 0.2) is 29.4 Å². The summed E-state index contributed by atoms with van der Waals surface area (Å²) in [5.74, 6) is 0.573. The van der Waals surface area contributed by atoms with Crippen molar-refractivity contribution in [1.82, 2.24) is 9.97 Å². The second-order valence-electron chi connectivity index (χ2n) is 3.29. The van der Waals surface area contributed by atoms with Gasteiger partial charge in [0.1, 0.15) is 11.0 Å². The van der Waals surface area contributed by atoms with Crippen LogP contribution in [0.5, 0.6) is 0 Å². The maximum absolute atomic E-state index is 6.08. The van der Waals surface area contributed by atoms with Gasteiger partial charge in [0, 0.05) is 6.07 Å². The highest BCUT2D eigenvalue weighted by Crippen LogP contribution is 2.31. The quantitative estimate of drug-likeness (QED) is 0.496. The molecule has 3 nitrogen and oxygen atoms in total. The minimum absolute atomic E-state index is 0.370. The van der Waals surface area contributed by atoms with Crippen molar-refractivity contribution < 1.29 is 0 Å². The highest BCUT2D eigenvalue weighted by Gasteiger charge is 2.07. The fraction of sp³-hybridized carbons (Fsp3) is 0.0909. The van der Waals surface area contributed by atoms with E-state index in [1.165, 1.54) is 11.8 Å². The van der Waals surface area contributed by atoms with Gasteiger partial charge < -0.3 is 5.32 Å². The van der Waals surface area contributed by atoms with Crippen molar-refractivity contribution in [2.45, 2.75) is 5.16 Å². The molecule has 0 amide bonds. The predicted molar refractivity (Wildman–Crippen MR) is 78.6 cm³/mol. The number of nitrogens with zero attached hydrogens (tertiary/aromatic N) is 2. The van der Waals surface area contributed by atoms with Crippen LogP contribution in [0.25, 0.3) is 0 Å². The van der Waals surface area contributed by atoms with Gasteiger partial charge in [0.2, 0.25) is 0 Å². The first kappa shape index (κ1) is 13.7. The Hall–Kier alpha value is -0.680. The lowest BCUT2D eigenvalue weighted by atomic mass is 10.3. The van der Waals surface area contributed by atoms with E-state index in [4.69, 9.17) is 34.8 Å². The van der Waals surface area contributed by atoms with E-state index in [9.17, 15) is 0 Å². The van der Waals surface area contributed by atoms with Crippen LogP contribution >= 0.6 is 46.6 Å². The fourth-order valence-electron chi connectivity index (χ4n) is 1.29. The summed E-state index contributed by atoms with van der Waals surface area (Å²) in [7, 11) is 0. The first-order valence-corrected chi connectivity index (χ1v) is 7.25. The Bertz CT molecular complexity index is 577. The average molecular weight is 321 g/mol. The highest BCUT2D eigenvalue weighted by atomic mass is 35.5. The molecule has 94 valence electrons. The second-order valence-corrected chi connectivity index (χ2v) is 5.23. The summed E-state index contributed by atoms with van der Waals surface area (Å²) in [4.78, 5) is 8.32. The normalized spacial score (nSPS) is 10.4. The fourth-order valence-corrected chi connectivity index (χ4v) is 2.25. The van der Waals surface area contributed by atoms with Crippen LogP contribution in [-0.2, 0) is 0 Å². The summed E-state index contributed by atoms with van der Waals surface area (Å²) in [5, 5.41) is 4.94. The molecule has 7 heteroatoms. The maximum atomic E-state index is 6.08. The van der Waals surface area contributed by atoms with Gasteiger partial charge in [0.15, 0.2) is 5.16 Å². The van der Waals surface area contributed by atoms with Crippen molar-refractivity contribution in [1.29, 1.82) is 0 Å². The van der Waals surface area contributed by atoms with E-state index >= 15 is 0 Å². The monoisotopic (exact) mass is 319 g/mol. The number of thioether (sulfide) groups is 1. The first-order chi connectivity index (χ1) is 8.60. The molecule has 2 aromatic rings. The van der Waals surface area contributed by atoms with E-state index < -0.39 is 0 Å². The molecule has 0 saturated heterocycles. The maximum Gasteiger partial charge on any atom is 0.190 e. The Morgan fingerprint density at radius 3 is 2.67 bits per heavy atom. The van der Waals surface area contributed by atoms with Crippen molar-refractivity contribution in [2.75, 3.05) is 11.6 Å². The molecule has 0 spiro atoms. The molecule has 2 rings (SSSR count). The van der Waals surface area contributed by atoms with Crippen LogP contribution in [0.1, 0.15) is 0 Å². The Kier molecular flexibility index (Phi) is 4.56. The predicted octanol–water partition coefficient (Wildman–Crippen LogP) is 4.90. The molecule has 0 bridgehead atoms. The second kappa shape index (κ2) is 5.97. The highest BCUT2D eigenvalue weighted by molar-refractivity contribution is 7.98. The topological polar surface area (TPSA) is 37.8 Å². The van der Waals surface area contributed by atoms with Crippen molar-refractivity contribution in [3.8, 4) is 0 Å². The number of aromatic nitrogens is 2. The molecule has 1 N–H and O–H groups in total. The van der Waals surface area contributed by atoms with Gasteiger partial charge in [-0.2, -0.15) is 0 Å². The van der Waals surface area contributed by atoms with Crippen LogP contribution in [-0.4, -0.2) is 16.2 Å². The first-order valence-electron chi connectivity index (χ1n) is 4.90. The summed E-state index contributed by atoms with van der Waals surface area (Å²) in [6.45, 7) is 0. The van der Waals surface area contributed by atoms with Crippen molar-refractivity contribution in [3.63, 3.8) is 0 Å². The van der Waals surface area contributed by atoms with Crippen LogP contribution in [0.4, 0.5) is 11.5 Å². The minimum atomic E-state index is 0.370. The number of rotatable bonds is 3. The number of anilines is 2. The molecule has 0 aliphatic rings. The van der Waals surface area contributed by atoms with Crippen LogP contribution < -0.4 is 5.32 Å². The zero-order valence-electron chi connectivity index (χ0n) is 9.25. The smallest absolute Gasteiger partial charge is 0.190 e. The van der Waals surface area contributed by atoms with E-state index in [1.807, 2.05) is 12.3 Å². The third-order valence-corrected chi connectivity index (χ3v) is 3.63. The molecule has 0 fully saturated rings. The summed E-state index contributed by atoms with van der Waals surface area (Å²) < 4.78 is 0. The Morgan fingerprint density at radius 1 is 1.17 bits per heavy atom. The SMILES string of the molecule is CSc1nc(Cl)cc(Nc2cccc(Cl)c2Cl)n1. The summed E-state index contributed by atoms with van der Waals surface area (Å²) in [6.07, 6.45) is 1.88. The molecule has 0 saturated carbocycles. The molecule has 0 radical (unpaired) electrons. The van der Waals surface area contributed by atoms with E-state index in [-0.39, 0.29) is 0 Å². The molecule has 0 unspecified atom stereocenters. The number of nitrogens with one attached hydrogen (secondary N) is 1. The lowest BCUT2D eigenvalue weighted by molar-refractivity contribution is 0.976.